The Morgan fingerprint density at radius 1 is 1.04 bits per heavy atom. The minimum Gasteiger partial charge on any atom is -0.411 e. The van der Waals surface area contributed by atoms with Crippen molar-refractivity contribution < 1.29 is 28.3 Å². The highest BCUT2D eigenvalue weighted by Gasteiger charge is 2.41. The molecule has 0 unspecified atom stereocenters. The highest BCUT2D eigenvalue weighted by atomic mass is 32.2. The molecular weight excluding hydrogens is 683 g/mol. The number of urea groups is 1. The summed E-state index contributed by atoms with van der Waals surface area (Å²) in [7, 11) is -4.06. The van der Waals surface area contributed by atoms with E-state index in [9.17, 15) is 23.1 Å². The Kier molecular flexibility index (Phi) is 12.7. The first-order valence-electron chi connectivity index (χ1n) is 17.7. The summed E-state index contributed by atoms with van der Waals surface area (Å²) in [5.41, 5.74) is 4.04. The van der Waals surface area contributed by atoms with Crippen molar-refractivity contribution in [2.75, 3.05) is 26.2 Å². The number of sulfonamides is 1. The molecule has 0 spiro atoms. The molecule has 5 rings (SSSR count). The first kappa shape index (κ1) is 38.4. The van der Waals surface area contributed by atoms with Gasteiger partial charge in [0.25, 0.3) is 0 Å². The van der Waals surface area contributed by atoms with Gasteiger partial charge in [0.1, 0.15) is 6.04 Å². The van der Waals surface area contributed by atoms with E-state index in [1.54, 1.807) is 16.1 Å². The number of hydrogen-bond acceptors (Lipinski definition) is 8. The van der Waals surface area contributed by atoms with Crippen LogP contribution in [0.4, 0.5) is 4.79 Å². The Hall–Kier alpha value is -4.79. The molecule has 13 nitrogen and oxygen atoms in total. The van der Waals surface area contributed by atoms with Gasteiger partial charge in [0, 0.05) is 32.7 Å². The maximum Gasteiger partial charge on any atom is 0.321 e. The molecular formula is C38H49N7O6S. The predicted octanol–water partition coefficient (Wildman–Crippen LogP) is 4.46. The van der Waals surface area contributed by atoms with E-state index in [-0.39, 0.29) is 42.3 Å². The summed E-state index contributed by atoms with van der Waals surface area (Å²) in [5.74, 6) is -0.663. The fraction of sp³-hybridized carbons (Fsp3) is 0.421. The second-order valence-corrected chi connectivity index (χ2v) is 15.8. The molecule has 2 heterocycles. The van der Waals surface area contributed by atoms with E-state index in [1.807, 2.05) is 76.2 Å². The van der Waals surface area contributed by atoms with Crippen LogP contribution >= 0.6 is 0 Å². The van der Waals surface area contributed by atoms with Crippen molar-refractivity contribution >= 4 is 39.2 Å². The maximum atomic E-state index is 14.3. The number of H-pyrrole nitrogens is 1. The standard InChI is InChI=1S/C38H49N7O6S/c1-5-27(4)36(45-18-17-43(38(45)48)23-30-13-16-32-33(20-30)40-25-39-32)37(47)42-34(19-28-9-7-6-8-10-28)35(46)24-44(22-26(2)3)52(50,51)31-14-11-29(12-15-31)21-41-49/h6-16,20-21,25-27,34-36,46,49H,5,17-19,22-24H2,1-4H3,(H,39,40)(H,42,47)/t27-,34-,35-,36-/m0/s1. The normalized spacial score (nSPS) is 16.2. The van der Waals surface area contributed by atoms with Crippen LogP contribution in [-0.2, 0) is 27.8 Å². The Balaban J connectivity index is 1.37. The van der Waals surface area contributed by atoms with Gasteiger partial charge in [-0.15, -0.1) is 0 Å². The summed E-state index contributed by atoms with van der Waals surface area (Å²) >= 11 is 0. The molecule has 4 N–H and O–H groups in total. The fourth-order valence-corrected chi connectivity index (χ4v) is 8.23. The largest absolute Gasteiger partial charge is 0.411 e. The van der Waals surface area contributed by atoms with Crippen LogP contribution < -0.4 is 5.32 Å². The van der Waals surface area contributed by atoms with Crippen molar-refractivity contribution in [2.45, 2.75) is 70.2 Å². The number of imidazole rings is 1. The van der Waals surface area contributed by atoms with Crippen LogP contribution in [0.5, 0.6) is 0 Å². The molecule has 1 saturated heterocycles. The van der Waals surface area contributed by atoms with Crippen molar-refractivity contribution in [3.63, 3.8) is 0 Å². The quantitative estimate of drug-likeness (QED) is 0.0706. The number of carbonyl (C=O) groups excluding carboxylic acids is 2. The highest BCUT2D eigenvalue weighted by molar-refractivity contribution is 7.89. The number of oxime groups is 1. The minimum atomic E-state index is -4.06. The number of aromatic nitrogens is 2. The van der Waals surface area contributed by atoms with Crippen molar-refractivity contribution in [3.05, 3.63) is 95.8 Å². The summed E-state index contributed by atoms with van der Waals surface area (Å²) in [5, 5.41) is 26.7. The van der Waals surface area contributed by atoms with E-state index < -0.39 is 34.1 Å². The second kappa shape index (κ2) is 17.2. The molecule has 0 saturated carbocycles. The molecule has 14 heteroatoms. The fourth-order valence-electron chi connectivity index (χ4n) is 6.61. The Morgan fingerprint density at radius 2 is 1.77 bits per heavy atom. The molecule has 52 heavy (non-hydrogen) atoms. The zero-order valence-corrected chi connectivity index (χ0v) is 30.9. The topological polar surface area (TPSA) is 172 Å². The second-order valence-electron chi connectivity index (χ2n) is 13.9. The Morgan fingerprint density at radius 3 is 2.44 bits per heavy atom. The third kappa shape index (κ3) is 9.16. The summed E-state index contributed by atoms with van der Waals surface area (Å²) in [6.07, 6.45) is 2.41. The van der Waals surface area contributed by atoms with Crippen molar-refractivity contribution in [1.29, 1.82) is 0 Å². The van der Waals surface area contributed by atoms with Gasteiger partial charge in [-0.2, -0.15) is 4.31 Å². The molecule has 278 valence electrons. The number of amides is 3. The third-order valence-electron chi connectivity index (χ3n) is 9.55. The lowest BCUT2D eigenvalue weighted by molar-refractivity contribution is -0.128. The van der Waals surface area contributed by atoms with Gasteiger partial charge in [0.2, 0.25) is 15.9 Å². The van der Waals surface area contributed by atoms with E-state index in [0.717, 1.165) is 22.2 Å². The molecule has 1 aromatic heterocycles. The molecule has 3 amide bonds. The van der Waals surface area contributed by atoms with Crippen LogP contribution in [0, 0.1) is 11.8 Å². The zero-order chi connectivity index (χ0) is 37.4. The SMILES string of the molecule is CC[C@H](C)[C@@H](C(=O)N[C@@H](Cc1ccccc1)[C@@H](O)CN(CC(C)C)S(=O)(=O)c1ccc(C=NO)cc1)N1CCN(Cc2ccc3nc[nH]c3c2)C1=O. The molecule has 1 aliphatic heterocycles. The number of fused-ring (bicyclic) bond motifs is 1. The lowest BCUT2D eigenvalue weighted by Gasteiger charge is -2.35. The molecule has 0 bridgehead atoms. The van der Waals surface area contributed by atoms with E-state index >= 15 is 0 Å². The zero-order valence-electron chi connectivity index (χ0n) is 30.1. The van der Waals surface area contributed by atoms with Crippen molar-refractivity contribution in [1.82, 2.24) is 29.4 Å². The van der Waals surface area contributed by atoms with Crippen LogP contribution in [0.15, 0.2) is 89.2 Å². The lowest BCUT2D eigenvalue weighted by atomic mass is 9.95. The molecule has 0 aliphatic carbocycles. The molecule has 4 atom stereocenters. The average molecular weight is 732 g/mol. The average Bonchev–Trinajstić information content (AvgIpc) is 3.74. The van der Waals surface area contributed by atoms with E-state index in [4.69, 9.17) is 5.21 Å². The summed E-state index contributed by atoms with van der Waals surface area (Å²) in [4.78, 5) is 38.9. The number of carbonyl (C=O) groups is 2. The van der Waals surface area contributed by atoms with Crippen molar-refractivity contribution in [2.24, 2.45) is 17.0 Å². The first-order valence-corrected chi connectivity index (χ1v) is 19.1. The van der Waals surface area contributed by atoms with Gasteiger partial charge < -0.3 is 30.4 Å². The number of nitrogens with zero attached hydrogens (tertiary/aromatic N) is 5. The summed E-state index contributed by atoms with van der Waals surface area (Å²) in [6.45, 7) is 8.74. The van der Waals surface area contributed by atoms with Crippen LogP contribution in [-0.4, -0.2) is 105 Å². The van der Waals surface area contributed by atoms with E-state index in [0.29, 0.717) is 31.6 Å². The van der Waals surface area contributed by atoms with Gasteiger partial charge in [-0.05, 0) is 59.2 Å². The predicted molar refractivity (Wildman–Crippen MR) is 199 cm³/mol. The molecule has 1 fully saturated rings. The monoisotopic (exact) mass is 731 g/mol. The van der Waals surface area contributed by atoms with Gasteiger partial charge in [0.05, 0.1) is 40.6 Å². The van der Waals surface area contributed by atoms with Crippen LogP contribution in [0.3, 0.4) is 0 Å². The maximum absolute atomic E-state index is 14.3. The van der Waals surface area contributed by atoms with Crippen molar-refractivity contribution in [3.8, 4) is 0 Å². The number of benzene rings is 3. The summed E-state index contributed by atoms with van der Waals surface area (Å²) < 4.78 is 29.1. The van der Waals surface area contributed by atoms with Gasteiger partial charge in [-0.3, -0.25) is 4.79 Å². The number of aromatic amines is 1. The molecule has 4 aromatic rings. The highest BCUT2D eigenvalue weighted by Crippen LogP contribution is 2.25. The molecule has 0 radical (unpaired) electrons. The smallest absolute Gasteiger partial charge is 0.321 e. The molecule has 1 aliphatic rings. The van der Waals surface area contributed by atoms with Gasteiger partial charge in [-0.1, -0.05) is 87.8 Å². The minimum absolute atomic E-state index is 0.0255. The van der Waals surface area contributed by atoms with Crippen LogP contribution in [0.2, 0.25) is 0 Å². The number of hydrogen-bond donors (Lipinski definition) is 4. The number of aliphatic hydroxyl groups excluding tert-OH is 1. The number of aliphatic hydroxyl groups is 1. The Labute approximate surface area is 305 Å². The van der Waals surface area contributed by atoms with Gasteiger partial charge in [-0.25, -0.2) is 18.2 Å². The summed E-state index contributed by atoms with van der Waals surface area (Å²) in [6, 6.07) is 19.2. The van der Waals surface area contributed by atoms with E-state index in [2.05, 4.69) is 20.4 Å². The Bertz CT molecular complexity index is 1930. The van der Waals surface area contributed by atoms with Gasteiger partial charge >= 0.3 is 6.03 Å². The number of rotatable bonds is 17. The van der Waals surface area contributed by atoms with Gasteiger partial charge in [0.15, 0.2) is 0 Å². The first-order chi connectivity index (χ1) is 24.9. The lowest BCUT2D eigenvalue weighted by Crippen LogP contribution is -2.57. The van der Waals surface area contributed by atoms with Crippen LogP contribution in [0.25, 0.3) is 11.0 Å². The van der Waals surface area contributed by atoms with Crippen LogP contribution in [0.1, 0.15) is 50.8 Å². The third-order valence-corrected chi connectivity index (χ3v) is 11.4. The molecule has 3 aromatic carbocycles. The number of nitrogens with one attached hydrogen (secondary N) is 2. The van der Waals surface area contributed by atoms with E-state index in [1.165, 1.54) is 34.8 Å².